The Morgan fingerprint density at radius 3 is 2.60 bits per heavy atom. The molecule has 2 heteroatoms. The van der Waals surface area contributed by atoms with Gasteiger partial charge in [-0.1, -0.05) is 32.6 Å². The lowest BCUT2D eigenvalue weighted by Crippen LogP contribution is -2.47. The third kappa shape index (κ3) is 4.12. The van der Waals surface area contributed by atoms with Crippen LogP contribution in [0.1, 0.15) is 51.9 Å². The van der Waals surface area contributed by atoms with Crippen LogP contribution >= 0.6 is 0 Å². The minimum absolute atomic E-state index is 0.717. The molecule has 1 aliphatic rings. The van der Waals surface area contributed by atoms with E-state index >= 15 is 0 Å². The van der Waals surface area contributed by atoms with Crippen molar-refractivity contribution in [1.82, 2.24) is 10.2 Å². The SMILES string of the molecule is CCCCN(C)C1CCCCCC1NC. The molecule has 0 radical (unpaired) electrons. The van der Waals surface area contributed by atoms with Gasteiger partial charge >= 0.3 is 0 Å². The summed E-state index contributed by atoms with van der Waals surface area (Å²) >= 11 is 0. The molecule has 90 valence electrons. The maximum absolute atomic E-state index is 3.51. The molecule has 0 amide bonds. The number of nitrogens with zero attached hydrogens (tertiary/aromatic N) is 1. The standard InChI is InChI=1S/C13H28N2/c1-4-5-11-15(3)13-10-8-6-7-9-12(13)14-2/h12-14H,4-11H2,1-3H3. The monoisotopic (exact) mass is 212 g/mol. The maximum atomic E-state index is 3.51. The van der Waals surface area contributed by atoms with Gasteiger partial charge < -0.3 is 10.2 Å². The second-order valence-electron chi connectivity index (χ2n) is 4.93. The Morgan fingerprint density at radius 1 is 1.20 bits per heavy atom. The van der Waals surface area contributed by atoms with Crippen LogP contribution in [0, 0.1) is 0 Å². The molecule has 0 spiro atoms. The fraction of sp³-hybridized carbons (Fsp3) is 1.00. The molecule has 0 heterocycles. The number of nitrogens with one attached hydrogen (secondary N) is 1. The molecule has 1 rings (SSSR count). The molecule has 2 nitrogen and oxygen atoms in total. The van der Waals surface area contributed by atoms with Crippen LogP contribution in [-0.2, 0) is 0 Å². The molecule has 0 aromatic rings. The average molecular weight is 212 g/mol. The van der Waals surface area contributed by atoms with E-state index in [0.717, 1.165) is 6.04 Å². The third-order valence-electron chi connectivity index (χ3n) is 3.78. The van der Waals surface area contributed by atoms with Gasteiger partial charge in [0.25, 0.3) is 0 Å². The number of hydrogen-bond donors (Lipinski definition) is 1. The van der Waals surface area contributed by atoms with Crippen molar-refractivity contribution >= 4 is 0 Å². The highest BCUT2D eigenvalue weighted by Gasteiger charge is 2.25. The molecular formula is C13H28N2. The first kappa shape index (κ1) is 13.0. The van der Waals surface area contributed by atoms with Crippen molar-refractivity contribution in [1.29, 1.82) is 0 Å². The Bertz CT molecular complexity index is 159. The van der Waals surface area contributed by atoms with Gasteiger partial charge in [0.05, 0.1) is 0 Å². The molecule has 0 aromatic carbocycles. The summed E-state index contributed by atoms with van der Waals surface area (Å²) in [4.78, 5) is 2.58. The van der Waals surface area contributed by atoms with E-state index in [4.69, 9.17) is 0 Å². The quantitative estimate of drug-likeness (QED) is 0.705. The van der Waals surface area contributed by atoms with Crippen molar-refractivity contribution < 1.29 is 0 Å². The van der Waals surface area contributed by atoms with Crippen LogP contribution in [0.25, 0.3) is 0 Å². The van der Waals surface area contributed by atoms with E-state index in [2.05, 4.69) is 31.2 Å². The van der Waals surface area contributed by atoms with Crippen molar-refractivity contribution in [2.75, 3.05) is 20.6 Å². The van der Waals surface area contributed by atoms with Gasteiger partial charge in [0.1, 0.15) is 0 Å². The van der Waals surface area contributed by atoms with Crippen molar-refractivity contribution in [3.05, 3.63) is 0 Å². The van der Waals surface area contributed by atoms with Crippen molar-refractivity contribution in [3.8, 4) is 0 Å². The number of rotatable bonds is 5. The first-order valence-electron chi connectivity index (χ1n) is 6.67. The Hall–Kier alpha value is -0.0800. The molecule has 2 atom stereocenters. The molecule has 1 fully saturated rings. The van der Waals surface area contributed by atoms with E-state index in [0.29, 0.717) is 6.04 Å². The van der Waals surface area contributed by atoms with Crippen LogP contribution in [0.2, 0.25) is 0 Å². The highest BCUT2D eigenvalue weighted by molar-refractivity contribution is 4.84. The van der Waals surface area contributed by atoms with E-state index in [1.165, 1.54) is 51.5 Å². The predicted octanol–water partition coefficient (Wildman–Crippen LogP) is 2.64. The molecule has 2 unspecified atom stereocenters. The second-order valence-corrected chi connectivity index (χ2v) is 4.93. The summed E-state index contributed by atoms with van der Waals surface area (Å²) in [5.41, 5.74) is 0. The van der Waals surface area contributed by atoms with Gasteiger partial charge in [-0.25, -0.2) is 0 Å². The summed E-state index contributed by atoms with van der Waals surface area (Å²) in [5, 5.41) is 3.51. The summed E-state index contributed by atoms with van der Waals surface area (Å²) in [7, 11) is 4.42. The minimum atomic E-state index is 0.717. The van der Waals surface area contributed by atoms with E-state index in [1.54, 1.807) is 0 Å². The van der Waals surface area contributed by atoms with Gasteiger partial charge in [0.2, 0.25) is 0 Å². The zero-order valence-electron chi connectivity index (χ0n) is 10.8. The summed E-state index contributed by atoms with van der Waals surface area (Å²) in [5.74, 6) is 0. The molecule has 1 aliphatic carbocycles. The third-order valence-corrected chi connectivity index (χ3v) is 3.78. The summed E-state index contributed by atoms with van der Waals surface area (Å²) < 4.78 is 0. The molecule has 1 saturated carbocycles. The van der Waals surface area contributed by atoms with Gasteiger partial charge in [0.15, 0.2) is 0 Å². The Kier molecular flexibility index (Phi) is 6.26. The Labute approximate surface area is 95.4 Å². The molecule has 0 aromatic heterocycles. The summed E-state index contributed by atoms with van der Waals surface area (Å²) in [6.45, 7) is 3.54. The lowest BCUT2D eigenvalue weighted by molar-refractivity contribution is 0.184. The van der Waals surface area contributed by atoms with E-state index < -0.39 is 0 Å². The number of unbranched alkanes of at least 4 members (excludes halogenated alkanes) is 1. The fourth-order valence-corrected chi connectivity index (χ4v) is 2.73. The maximum Gasteiger partial charge on any atom is 0.0246 e. The lowest BCUT2D eigenvalue weighted by atomic mass is 10.0. The number of likely N-dealkylation sites (N-methyl/N-ethyl adjacent to an activating group) is 2. The second kappa shape index (κ2) is 7.24. The Balaban J connectivity index is 2.45. The zero-order chi connectivity index (χ0) is 11.1. The smallest absolute Gasteiger partial charge is 0.0246 e. The van der Waals surface area contributed by atoms with Crippen LogP contribution in [-0.4, -0.2) is 37.6 Å². The molecule has 0 saturated heterocycles. The van der Waals surface area contributed by atoms with Gasteiger partial charge in [0, 0.05) is 12.1 Å². The summed E-state index contributed by atoms with van der Waals surface area (Å²) in [6.07, 6.45) is 9.63. The molecule has 0 aliphatic heterocycles. The summed E-state index contributed by atoms with van der Waals surface area (Å²) in [6, 6.07) is 1.48. The van der Waals surface area contributed by atoms with E-state index in [9.17, 15) is 0 Å². The van der Waals surface area contributed by atoms with E-state index in [-0.39, 0.29) is 0 Å². The van der Waals surface area contributed by atoms with Crippen LogP contribution < -0.4 is 5.32 Å². The van der Waals surface area contributed by atoms with Gasteiger partial charge in [-0.05, 0) is 39.9 Å². The molecular weight excluding hydrogens is 184 g/mol. The lowest BCUT2D eigenvalue weighted by Gasteiger charge is -2.33. The predicted molar refractivity (Wildman–Crippen MR) is 67.3 cm³/mol. The normalized spacial score (nSPS) is 28.0. The van der Waals surface area contributed by atoms with Crippen LogP contribution in [0.15, 0.2) is 0 Å². The fourth-order valence-electron chi connectivity index (χ4n) is 2.73. The average Bonchev–Trinajstić information content (AvgIpc) is 2.50. The first-order chi connectivity index (χ1) is 7.29. The van der Waals surface area contributed by atoms with Crippen LogP contribution in [0.3, 0.4) is 0 Å². The van der Waals surface area contributed by atoms with E-state index in [1.807, 2.05) is 0 Å². The zero-order valence-corrected chi connectivity index (χ0v) is 10.8. The van der Waals surface area contributed by atoms with Gasteiger partial charge in [-0.2, -0.15) is 0 Å². The van der Waals surface area contributed by atoms with Gasteiger partial charge in [-0.15, -0.1) is 0 Å². The Morgan fingerprint density at radius 2 is 1.93 bits per heavy atom. The van der Waals surface area contributed by atoms with Crippen LogP contribution in [0.4, 0.5) is 0 Å². The first-order valence-corrected chi connectivity index (χ1v) is 6.67. The highest BCUT2D eigenvalue weighted by atomic mass is 15.2. The van der Waals surface area contributed by atoms with Crippen molar-refractivity contribution in [2.24, 2.45) is 0 Å². The molecule has 0 bridgehead atoms. The molecule has 15 heavy (non-hydrogen) atoms. The molecule has 1 N–H and O–H groups in total. The van der Waals surface area contributed by atoms with Crippen molar-refractivity contribution in [2.45, 2.75) is 64.0 Å². The van der Waals surface area contributed by atoms with Gasteiger partial charge in [-0.3, -0.25) is 0 Å². The van der Waals surface area contributed by atoms with Crippen molar-refractivity contribution in [3.63, 3.8) is 0 Å². The topological polar surface area (TPSA) is 15.3 Å². The minimum Gasteiger partial charge on any atom is -0.315 e. The highest BCUT2D eigenvalue weighted by Crippen LogP contribution is 2.21. The van der Waals surface area contributed by atoms with Crippen LogP contribution in [0.5, 0.6) is 0 Å². The number of hydrogen-bond acceptors (Lipinski definition) is 2. The largest absolute Gasteiger partial charge is 0.315 e.